The Bertz CT molecular complexity index is 887. The van der Waals surface area contributed by atoms with E-state index in [-0.39, 0.29) is 17.3 Å². The monoisotopic (exact) mass is 361 g/mol. The van der Waals surface area contributed by atoms with Gasteiger partial charge in [-0.05, 0) is 36.6 Å². The zero-order valence-corrected chi connectivity index (χ0v) is 13.3. The fourth-order valence-electron chi connectivity index (χ4n) is 2.60. The predicted octanol–water partition coefficient (Wildman–Crippen LogP) is 3.90. The molecule has 0 atom stereocenters. The minimum absolute atomic E-state index is 0.0227. The fraction of sp³-hybridized carbons (Fsp3) is 0.200. The molecule has 1 aliphatic rings. The molecule has 3 rings (SSSR count). The van der Waals surface area contributed by atoms with Crippen LogP contribution < -0.4 is 4.31 Å². The van der Waals surface area contributed by atoms with E-state index in [1.165, 1.54) is 12.1 Å². The molecular formula is C15H11ClF3NO2S. The Kier molecular flexibility index (Phi) is 4.01. The molecule has 2 aromatic rings. The van der Waals surface area contributed by atoms with Crippen molar-refractivity contribution in [1.82, 2.24) is 0 Å². The van der Waals surface area contributed by atoms with Crippen molar-refractivity contribution >= 4 is 27.3 Å². The van der Waals surface area contributed by atoms with Gasteiger partial charge in [-0.25, -0.2) is 21.6 Å². The van der Waals surface area contributed by atoms with Crippen LogP contribution in [0.5, 0.6) is 0 Å². The van der Waals surface area contributed by atoms with Gasteiger partial charge in [0.05, 0.1) is 10.7 Å². The molecule has 0 aliphatic carbocycles. The molecule has 0 radical (unpaired) electrons. The maximum absolute atomic E-state index is 14.1. The predicted molar refractivity (Wildman–Crippen MR) is 80.6 cm³/mol. The van der Waals surface area contributed by atoms with Crippen molar-refractivity contribution in [3.05, 3.63) is 58.4 Å². The number of hydrogen-bond acceptors (Lipinski definition) is 2. The number of hydrogen-bond donors (Lipinski definition) is 0. The third kappa shape index (κ3) is 2.68. The van der Waals surface area contributed by atoms with E-state index in [0.29, 0.717) is 18.4 Å². The average molecular weight is 362 g/mol. The highest BCUT2D eigenvalue weighted by atomic mass is 35.5. The van der Waals surface area contributed by atoms with Crippen LogP contribution in [0.1, 0.15) is 12.0 Å². The van der Waals surface area contributed by atoms with Gasteiger partial charge in [0.1, 0.15) is 4.90 Å². The van der Waals surface area contributed by atoms with Crippen LogP contribution in [-0.4, -0.2) is 15.0 Å². The number of rotatable bonds is 2. The summed E-state index contributed by atoms with van der Waals surface area (Å²) in [7, 11) is -4.27. The molecule has 0 bridgehead atoms. The molecule has 0 saturated heterocycles. The van der Waals surface area contributed by atoms with Gasteiger partial charge in [-0.3, -0.25) is 4.31 Å². The van der Waals surface area contributed by atoms with Crippen molar-refractivity contribution in [1.29, 1.82) is 0 Å². The SMILES string of the molecule is O=S(=O)(c1cccc(Cl)c1F)N1CCCc2cc(F)c(F)cc21. The molecule has 122 valence electrons. The maximum atomic E-state index is 14.1. The molecule has 2 aromatic carbocycles. The van der Waals surface area contributed by atoms with E-state index in [1.54, 1.807) is 0 Å². The molecule has 0 N–H and O–H groups in total. The Balaban J connectivity index is 2.17. The van der Waals surface area contributed by atoms with Crippen LogP contribution in [0.2, 0.25) is 5.02 Å². The summed E-state index contributed by atoms with van der Waals surface area (Å²) in [5, 5.41) is -0.325. The zero-order chi connectivity index (χ0) is 16.8. The molecule has 1 heterocycles. The maximum Gasteiger partial charge on any atom is 0.267 e. The van der Waals surface area contributed by atoms with E-state index in [1.807, 2.05) is 0 Å². The smallest absolute Gasteiger partial charge is 0.266 e. The first-order valence-electron chi connectivity index (χ1n) is 6.77. The summed E-state index contributed by atoms with van der Waals surface area (Å²) in [5.74, 6) is -3.27. The van der Waals surface area contributed by atoms with Gasteiger partial charge < -0.3 is 0 Å². The van der Waals surface area contributed by atoms with Gasteiger partial charge in [0.2, 0.25) is 0 Å². The van der Waals surface area contributed by atoms with E-state index in [4.69, 9.17) is 11.6 Å². The second-order valence-electron chi connectivity index (χ2n) is 5.13. The highest BCUT2D eigenvalue weighted by molar-refractivity contribution is 7.92. The van der Waals surface area contributed by atoms with Crippen LogP contribution in [0.3, 0.4) is 0 Å². The van der Waals surface area contributed by atoms with Crippen LogP contribution in [0.4, 0.5) is 18.9 Å². The Hall–Kier alpha value is -1.73. The molecule has 3 nitrogen and oxygen atoms in total. The summed E-state index contributed by atoms with van der Waals surface area (Å²) < 4.78 is 67.3. The van der Waals surface area contributed by atoms with Crippen molar-refractivity contribution in [2.24, 2.45) is 0 Å². The Morgan fingerprint density at radius 1 is 1.09 bits per heavy atom. The Morgan fingerprint density at radius 3 is 2.52 bits per heavy atom. The van der Waals surface area contributed by atoms with Crippen LogP contribution >= 0.6 is 11.6 Å². The van der Waals surface area contributed by atoms with E-state index in [2.05, 4.69) is 0 Å². The lowest BCUT2D eigenvalue weighted by Crippen LogP contribution is -2.36. The summed E-state index contributed by atoms with van der Waals surface area (Å²) in [5.41, 5.74) is 0.385. The van der Waals surface area contributed by atoms with Crippen LogP contribution in [0.25, 0.3) is 0 Å². The largest absolute Gasteiger partial charge is 0.267 e. The normalized spacial score (nSPS) is 14.7. The van der Waals surface area contributed by atoms with Crippen LogP contribution in [0, 0.1) is 17.5 Å². The molecule has 0 spiro atoms. The molecule has 0 aromatic heterocycles. The van der Waals surface area contributed by atoms with E-state index in [9.17, 15) is 21.6 Å². The number of fused-ring (bicyclic) bond motifs is 1. The number of anilines is 1. The lowest BCUT2D eigenvalue weighted by Gasteiger charge is -2.30. The lowest BCUT2D eigenvalue weighted by molar-refractivity contribution is 0.505. The second kappa shape index (κ2) is 5.72. The standard InChI is InChI=1S/C15H11ClF3NO2S/c16-10-4-1-5-14(15(10)19)23(21,22)20-6-2-3-9-7-11(17)12(18)8-13(9)20/h1,4-5,7-8H,2-3,6H2. The number of benzene rings is 2. The summed E-state index contributed by atoms with van der Waals surface area (Å²) in [6.07, 6.45) is 0.829. The third-order valence-electron chi connectivity index (χ3n) is 3.68. The Labute approximate surface area is 136 Å². The first-order valence-corrected chi connectivity index (χ1v) is 8.59. The van der Waals surface area contributed by atoms with Crippen molar-refractivity contribution in [3.63, 3.8) is 0 Å². The number of nitrogens with zero attached hydrogens (tertiary/aromatic N) is 1. The number of sulfonamides is 1. The quantitative estimate of drug-likeness (QED) is 0.813. The summed E-state index contributed by atoms with van der Waals surface area (Å²) >= 11 is 5.64. The van der Waals surface area contributed by atoms with Crippen LogP contribution in [0.15, 0.2) is 35.2 Å². The first-order chi connectivity index (χ1) is 10.8. The summed E-state index contributed by atoms with van der Waals surface area (Å²) in [4.78, 5) is -0.595. The van der Waals surface area contributed by atoms with Crippen molar-refractivity contribution < 1.29 is 21.6 Å². The van der Waals surface area contributed by atoms with E-state index in [0.717, 1.165) is 22.5 Å². The Morgan fingerprint density at radius 2 is 1.78 bits per heavy atom. The van der Waals surface area contributed by atoms with Crippen LogP contribution in [-0.2, 0) is 16.4 Å². The van der Waals surface area contributed by atoms with Gasteiger partial charge >= 0.3 is 0 Å². The van der Waals surface area contributed by atoms with E-state index < -0.39 is 32.4 Å². The van der Waals surface area contributed by atoms with Gasteiger partial charge in [0, 0.05) is 12.6 Å². The third-order valence-corrected chi connectivity index (χ3v) is 5.80. The van der Waals surface area contributed by atoms with Crippen molar-refractivity contribution in [2.75, 3.05) is 10.8 Å². The van der Waals surface area contributed by atoms with Crippen molar-refractivity contribution in [3.8, 4) is 0 Å². The molecule has 0 amide bonds. The molecule has 0 fully saturated rings. The minimum Gasteiger partial charge on any atom is -0.266 e. The molecular weight excluding hydrogens is 351 g/mol. The highest BCUT2D eigenvalue weighted by Crippen LogP contribution is 2.35. The van der Waals surface area contributed by atoms with Gasteiger partial charge in [-0.1, -0.05) is 17.7 Å². The van der Waals surface area contributed by atoms with Crippen molar-refractivity contribution in [2.45, 2.75) is 17.7 Å². The van der Waals surface area contributed by atoms with Gasteiger partial charge in [-0.15, -0.1) is 0 Å². The fourth-order valence-corrected chi connectivity index (χ4v) is 4.45. The second-order valence-corrected chi connectivity index (χ2v) is 7.37. The average Bonchev–Trinajstić information content (AvgIpc) is 2.50. The topological polar surface area (TPSA) is 37.4 Å². The number of aryl methyl sites for hydroxylation is 1. The molecule has 1 aliphatic heterocycles. The van der Waals surface area contributed by atoms with Gasteiger partial charge in [0.25, 0.3) is 10.0 Å². The van der Waals surface area contributed by atoms with E-state index >= 15 is 0 Å². The number of halogens is 4. The summed E-state index contributed by atoms with van der Waals surface area (Å²) in [6, 6.07) is 5.43. The molecule has 23 heavy (non-hydrogen) atoms. The first kappa shape index (κ1) is 16.1. The molecule has 8 heteroatoms. The van der Waals surface area contributed by atoms with Gasteiger partial charge in [0.15, 0.2) is 17.5 Å². The zero-order valence-electron chi connectivity index (χ0n) is 11.7. The highest BCUT2D eigenvalue weighted by Gasteiger charge is 2.32. The lowest BCUT2D eigenvalue weighted by atomic mass is 10.0. The minimum atomic E-state index is -4.27. The van der Waals surface area contributed by atoms with Gasteiger partial charge in [-0.2, -0.15) is 0 Å². The summed E-state index contributed by atoms with van der Waals surface area (Å²) in [6.45, 7) is 0.0480. The molecule has 0 saturated carbocycles. The molecule has 0 unspecified atom stereocenters.